The minimum Gasteiger partial charge on any atom is -0.346 e. The molecule has 0 atom stereocenters. The first-order chi connectivity index (χ1) is 14.5. The van der Waals surface area contributed by atoms with Gasteiger partial charge in [-0.15, -0.1) is 11.3 Å². The van der Waals surface area contributed by atoms with Gasteiger partial charge in [-0.25, -0.2) is 4.98 Å². The van der Waals surface area contributed by atoms with Gasteiger partial charge in [-0.3, -0.25) is 14.8 Å². The van der Waals surface area contributed by atoms with Crippen LogP contribution in [0.25, 0.3) is 21.7 Å². The monoisotopic (exact) mass is 434 g/mol. The number of pyridine rings is 2. The highest BCUT2D eigenvalue weighted by molar-refractivity contribution is 7.17. The van der Waals surface area contributed by atoms with E-state index in [0.717, 1.165) is 38.5 Å². The summed E-state index contributed by atoms with van der Waals surface area (Å²) < 4.78 is 0. The van der Waals surface area contributed by atoms with Crippen molar-refractivity contribution in [1.82, 2.24) is 20.3 Å². The number of thiazole rings is 1. The third-order valence-corrected chi connectivity index (χ3v) is 5.96. The maximum atomic E-state index is 12.5. The Kier molecular flexibility index (Phi) is 5.88. The van der Waals surface area contributed by atoms with Gasteiger partial charge in [-0.2, -0.15) is 0 Å². The number of carbonyl (C=O) groups excluding carboxylic acids is 1. The number of nitrogens with one attached hydrogen (secondary N) is 1. The van der Waals surface area contributed by atoms with Crippen molar-refractivity contribution in [1.29, 1.82) is 0 Å². The van der Waals surface area contributed by atoms with E-state index in [1.165, 1.54) is 11.3 Å². The summed E-state index contributed by atoms with van der Waals surface area (Å²) in [4.78, 5) is 26.5. The minimum absolute atomic E-state index is 0.218. The number of nitrogens with zero attached hydrogens (tertiary/aromatic N) is 3. The average molecular weight is 435 g/mol. The Morgan fingerprint density at radius 1 is 1.07 bits per heavy atom. The molecule has 7 heteroatoms. The third-order valence-electron chi connectivity index (χ3n) is 4.60. The lowest BCUT2D eigenvalue weighted by Crippen LogP contribution is -2.22. The molecule has 30 heavy (non-hydrogen) atoms. The van der Waals surface area contributed by atoms with Gasteiger partial charge in [0.15, 0.2) is 5.01 Å². The number of hydrogen-bond acceptors (Lipinski definition) is 5. The van der Waals surface area contributed by atoms with Crippen molar-refractivity contribution in [2.45, 2.75) is 20.4 Å². The number of rotatable bonds is 5. The van der Waals surface area contributed by atoms with Crippen molar-refractivity contribution in [2.24, 2.45) is 0 Å². The Morgan fingerprint density at radius 3 is 2.67 bits per heavy atom. The largest absolute Gasteiger partial charge is 0.346 e. The predicted octanol–water partition coefficient (Wildman–Crippen LogP) is 5.47. The molecule has 5 nitrogen and oxygen atoms in total. The van der Waals surface area contributed by atoms with Crippen LogP contribution in [0.1, 0.15) is 26.6 Å². The molecule has 150 valence electrons. The fourth-order valence-electron chi connectivity index (χ4n) is 3.15. The number of halogens is 1. The van der Waals surface area contributed by atoms with Crippen LogP contribution in [0, 0.1) is 13.8 Å². The highest BCUT2D eigenvalue weighted by atomic mass is 35.5. The van der Waals surface area contributed by atoms with Crippen molar-refractivity contribution in [3.05, 3.63) is 87.9 Å². The van der Waals surface area contributed by atoms with E-state index in [-0.39, 0.29) is 5.91 Å². The molecule has 0 bridgehead atoms. The van der Waals surface area contributed by atoms with Gasteiger partial charge >= 0.3 is 0 Å². The molecule has 0 aliphatic rings. The second-order valence-electron chi connectivity index (χ2n) is 6.89. The Balaban J connectivity index is 1.44. The molecule has 0 unspecified atom stereocenters. The smallest absolute Gasteiger partial charge is 0.280 e. The van der Waals surface area contributed by atoms with E-state index in [1.54, 1.807) is 18.6 Å². The van der Waals surface area contributed by atoms with Crippen LogP contribution in [0.15, 0.2) is 61.1 Å². The van der Waals surface area contributed by atoms with Crippen LogP contribution in [0.5, 0.6) is 0 Å². The maximum Gasteiger partial charge on any atom is 0.280 e. The highest BCUT2D eigenvalue weighted by Gasteiger charge is 2.14. The average Bonchev–Trinajstić information content (AvgIpc) is 3.22. The summed E-state index contributed by atoms with van der Waals surface area (Å²) in [7, 11) is 0. The minimum atomic E-state index is -0.218. The number of hydrogen-bond donors (Lipinski definition) is 1. The first-order valence-corrected chi connectivity index (χ1v) is 10.6. The number of benzene rings is 1. The SMILES string of the molecule is Cc1cc(-c2ncc(CNC(=O)c3ncc(-c4ccccc4Cl)s3)cc2C)ccn1. The molecule has 4 aromatic rings. The van der Waals surface area contributed by atoms with Crippen LogP contribution in [-0.4, -0.2) is 20.9 Å². The normalized spacial score (nSPS) is 10.8. The Hall–Kier alpha value is -3.09. The van der Waals surface area contributed by atoms with Gasteiger partial charge in [-0.1, -0.05) is 35.9 Å². The molecule has 3 heterocycles. The molecule has 0 aliphatic heterocycles. The molecule has 0 radical (unpaired) electrons. The molecule has 0 aliphatic carbocycles. The van der Waals surface area contributed by atoms with E-state index in [0.29, 0.717) is 16.6 Å². The molecule has 0 saturated carbocycles. The summed E-state index contributed by atoms with van der Waals surface area (Å²) in [6.45, 7) is 4.35. The zero-order chi connectivity index (χ0) is 21.1. The zero-order valence-electron chi connectivity index (χ0n) is 16.5. The lowest BCUT2D eigenvalue weighted by Gasteiger charge is -2.09. The van der Waals surface area contributed by atoms with Gasteiger partial charge in [0.2, 0.25) is 0 Å². The summed E-state index contributed by atoms with van der Waals surface area (Å²) in [5, 5.41) is 3.96. The van der Waals surface area contributed by atoms with Crippen molar-refractivity contribution >= 4 is 28.8 Å². The second kappa shape index (κ2) is 8.73. The maximum absolute atomic E-state index is 12.5. The van der Waals surface area contributed by atoms with Gasteiger partial charge in [0.25, 0.3) is 5.91 Å². The van der Waals surface area contributed by atoms with Crippen molar-refractivity contribution < 1.29 is 4.79 Å². The Morgan fingerprint density at radius 2 is 1.90 bits per heavy atom. The number of aryl methyl sites for hydroxylation is 2. The van der Waals surface area contributed by atoms with Crippen LogP contribution >= 0.6 is 22.9 Å². The lowest BCUT2D eigenvalue weighted by molar-refractivity contribution is 0.0950. The molecule has 1 N–H and O–H groups in total. The molecule has 0 fully saturated rings. The van der Waals surface area contributed by atoms with Crippen LogP contribution in [0.2, 0.25) is 5.02 Å². The zero-order valence-corrected chi connectivity index (χ0v) is 18.1. The number of aromatic nitrogens is 3. The van der Waals surface area contributed by atoms with Crippen LogP contribution in [0.3, 0.4) is 0 Å². The van der Waals surface area contributed by atoms with E-state index in [2.05, 4.69) is 20.3 Å². The molecule has 1 amide bonds. The second-order valence-corrected chi connectivity index (χ2v) is 8.33. The van der Waals surface area contributed by atoms with Crippen molar-refractivity contribution in [3.8, 4) is 21.7 Å². The van der Waals surface area contributed by atoms with E-state index < -0.39 is 0 Å². The van der Waals surface area contributed by atoms with E-state index in [1.807, 2.05) is 56.3 Å². The van der Waals surface area contributed by atoms with E-state index >= 15 is 0 Å². The Bertz CT molecular complexity index is 1220. The fourth-order valence-corrected chi connectivity index (χ4v) is 4.31. The highest BCUT2D eigenvalue weighted by Crippen LogP contribution is 2.31. The first-order valence-electron chi connectivity index (χ1n) is 9.39. The van der Waals surface area contributed by atoms with E-state index in [9.17, 15) is 4.79 Å². The molecule has 0 saturated heterocycles. The Labute approximate surface area is 183 Å². The summed E-state index contributed by atoms with van der Waals surface area (Å²) >= 11 is 7.56. The van der Waals surface area contributed by atoms with Crippen molar-refractivity contribution in [3.63, 3.8) is 0 Å². The summed E-state index contributed by atoms with van der Waals surface area (Å²) in [6, 6.07) is 13.5. The summed E-state index contributed by atoms with van der Waals surface area (Å²) in [6.07, 6.45) is 5.25. The molecule has 3 aromatic heterocycles. The van der Waals surface area contributed by atoms with E-state index in [4.69, 9.17) is 11.6 Å². The van der Waals surface area contributed by atoms with Crippen LogP contribution < -0.4 is 5.32 Å². The first kappa shape index (κ1) is 20.2. The van der Waals surface area contributed by atoms with Gasteiger partial charge in [0.1, 0.15) is 0 Å². The van der Waals surface area contributed by atoms with Crippen molar-refractivity contribution in [2.75, 3.05) is 0 Å². The topological polar surface area (TPSA) is 67.8 Å². The fraction of sp³-hybridized carbons (Fsp3) is 0.130. The number of amides is 1. The molecular weight excluding hydrogens is 416 g/mol. The number of carbonyl (C=O) groups is 1. The predicted molar refractivity (Wildman–Crippen MR) is 121 cm³/mol. The third kappa shape index (κ3) is 4.40. The van der Waals surface area contributed by atoms with Gasteiger partial charge in [0, 0.05) is 47.0 Å². The molecular formula is C23H19ClN4OS. The summed E-state index contributed by atoms with van der Waals surface area (Å²) in [5.41, 5.74) is 5.74. The molecule has 0 spiro atoms. The lowest BCUT2D eigenvalue weighted by atomic mass is 10.1. The van der Waals surface area contributed by atoms with Gasteiger partial charge in [0.05, 0.1) is 10.6 Å². The quantitative estimate of drug-likeness (QED) is 0.452. The standard InChI is InChI=1S/C23H19ClN4OS/c1-14-9-16(11-26-21(14)17-7-8-25-15(2)10-17)12-27-22(29)23-28-13-20(30-23)18-5-3-4-6-19(18)24/h3-11,13H,12H2,1-2H3,(H,27,29). The van der Waals surface area contributed by atoms with Crippen LogP contribution in [0.4, 0.5) is 0 Å². The summed E-state index contributed by atoms with van der Waals surface area (Å²) in [5.74, 6) is -0.218. The van der Waals surface area contributed by atoms with Gasteiger partial charge in [-0.05, 0) is 43.2 Å². The van der Waals surface area contributed by atoms with Crippen LogP contribution in [-0.2, 0) is 6.54 Å². The molecule has 1 aromatic carbocycles. The molecule has 4 rings (SSSR count). The van der Waals surface area contributed by atoms with Gasteiger partial charge < -0.3 is 5.32 Å².